The topological polar surface area (TPSA) is 120 Å². The summed E-state index contributed by atoms with van der Waals surface area (Å²) in [6.45, 7) is 3.88. The Morgan fingerprint density at radius 1 is 1.25 bits per heavy atom. The molecule has 0 aliphatic heterocycles. The van der Waals surface area contributed by atoms with Gasteiger partial charge in [0.15, 0.2) is 11.5 Å². The highest BCUT2D eigenvalue weighted by atomic mass is 16.6. The van der Waals surface area contributed by atoms with E-state index in [1.54, 1.807) is 0 Å². The number of nitrogens with zero attached hydrogens (tertiary/aromatic N) is 1. The maximum Gasteiger partial charge on any atom is 0.286 e. The van der Waals surface area contributed by atoms with Crippen LogP contribution in [0.3, 0.4) is 0 Å². The van der Waals surface area contributed by atoms with Crippen LogP contribution < -0.4 is 20.1 Å². The van der Waals surface area contributed by atoms with Crippen molar-refractivity contribution >= 4 is 17.5 Å². The highest BCUT2D eigenvalue weighted by molar-refractivity contribution is 6.01. The molecule has 0 radical (unpaired) electrons. The van der Waals surface area contributed by atoms with Gasteiger partial charge in [0.1, 0.15) is 11.6 Å². The Morgan fingerprint density at radius 3 is 2.33 bits per heavy atom. The van der Waals surface area contributed by atoms with Gasteiger partial charge in [-0.3, -0.25) is 19.7 Å². The summed E-state index contributed by atoms with van der Waals surface area (Å²) >= 11 is 0. The van der Waals surface area contributed by atoms with Crippen molar-refractivity contribution < 1.29 is 24.0 Å². The number of hydrogen-bond donors (Lipinski definition) is 2. The first kappa shape index (κ1) is 19.2. The molecule has 0 fully saturated rings. The predicted molar refractivity (Wildman–Crippen MR) is 86.4 cm³/mol. The third kappa shape index (κ3) is 4.58. The summed E-state index contributed by atoms with van der Waals surface area (Å²) in [5.74, 6) is -0.805. The third-order valence-corrected chi connectivity index (χ3v) is 3.23. The Hall–Kier alpha value is -2.84. The van der Waals surface area contributed by atoms with E-state index < -0.39 is 22.6 Å². The van der Waals surface area contributed by atoms with Crippen molar-refractivity contribution in [2.24, 2.45) is 0 Å². The molecule has 0 unspecified atom stereocenters. The van der Waals surface area contributed by atoms with E-state index in [0.717, 1.165) is 12.5 Å². The molecule has 1 rings (SSSR count). The summed E-state index contributed by atoms with van der Waals surface area (Å²) in [5.41, 5.74) is -0.654. The first-order valence-electron chi connectivity index (χ1n) is 7.34. The van der Waals surface area contributed by atoms with Gasteiger partial charge in [-0.1, -0.05) is 6.92 Å². The van der Waals surface area contributed by atoms with Crippen LogP contribution >= 0.6 is 0 Å². The van der Waals surface area contributed by atoms with Crippen LogP contribution in [0.2, 0.25) is 0 Å². The molecule has 0 aliphatic carbocycles. The van der Waals surface area contributed by atoms with Gasteiger partial charge in [-0.25, -0.2) is 0 Å². The number of rotatable bonds is 8. The van der Waals surface area contributed by atoms with E-state index in [-0.39, 0.29) is 23.0 Å². The molecule has 0 saturated heterocycles. The van der Waals surface area contributed by atoms with Crippen molar-refractivity contribution in [2.75, 3.05) is 20.8 Å². The number of nitrogens with one attached hydrogen (secondary N) is 2. The van der Waals surface area contributed by atoms with Crippen LogP contribution in [0.5, 0.6) is 11.5 Å². The smallest absolute Gasteiger partial charge is 0.286 e. The lowest BCUT2D eigenvalue weighted by Gasteiger charge is -2.15. The lowest BCUT2D eigenvalue weighted by atomic mass is 10.1. The predicted octanol–water partition coefficient (Wildman–Crippen LogP) is 1.26. The van der Waals surface area contributed by atoms with Gasteiger partial charge in [0.2, 0.25) is 5.91 Å². The van der Waals surface area contributed by atoms with E-state index >= 15 is 0 Å². The molecule has 24 heavy (non-hydrogen) atoms. The molecule has 1 atom stereocenters. The van der Waals surface area contributed by atoms with Gasteiger partial charge in [0.05, 0.1) is 25.2 Å². The molecule has 9 heteroatoms. The minimum absolute atomic E-state index is 0.134. The summed E-state index contributed by atoms with van der Waals surface area (Å²) in [6.07, 6.45) is 0.757. The van der Waals surface area contributed by atoms with Crippen molar-refractivity contribution in [2.45, 2.75) is 26.3 Å². The SMILES string of the molecule is CCCNC(=O)[C@H](C)NC(=O)c1cc(OC)c(OC)cc1[N+](=O)[O-]. The van der Waals surface area contributed by atoms with Gasteiger partial charge in [0, 0.05) is 12.6 Å². The minimum atomic E-state index is -0.836. The van der Waals surface area contributed by atoms with Gasteiger partial charge >= 0.3 is 0 Å². The number of carbonyl (C=O) groups excluding carboxylic acids is 2. The number of carbonyl (C=O) groups is 2. The number of nitro benzene ring substituents is 1. The second-order valence-electron chi connectivity index (χ2n) is 4.97. The molecular formula is C15H21N3O6. The first-order valence-corrected chi connectivity index (χ1v) is 7.34. The third-order valence-electron chi connectivity index (χ3n) is 3.23. The molecule has 0 aromatic heterocycles. The summed E-state index contributed by atoms with van der Waals surface area (Å²) in [7, 11) is 2.69. The van der Waals surface area contributed by atoms with Crippen LogP contribution in [0.25, 0.3) is 0 Å². The van der Waals surface area contributed by atoms with Crippen molar-refractivity contribution in [3.05, 3.63) is 27.8 Å². The second-order valence-corrected chi connectivity index (χ2v) is 4.97. The van der Waals surface area contributed by atoms with Crippen LogP contribution in [0.15, 0.2) is 12.1 Å². The van der Waals surface area contributed by atoms with Crippen LogP contribution in [-0.4, -0.2) is 43.5 Å². The lowest BCUT2D eigenvalue weighted by Crippen LogP contribution is -2.45. The van der Waals surface area contributed by atoms with Crippen molar-refractivity contribution in [1.29, 1.82) is 0 Å². The van der Waals surface area contributed by atoms with Gasteiger partial charge in [0.25, 0.3) is 11.6 Å². The fourth-order valence-corrected chi connectivity index (χ4v) is 1.94. The fraction of sp³-hybridized carbons (Fsp3) is 0.467. The Balaban J connectivity index is 3.08. The normalized spacial score (nSPS) is 11.3. The Bertz CT molecular complexity index is 632. The van der Waals surface area contributed by atoms with Gasteiger partial charge < -0.3 is 20.1 Å². The number of ether oxygens (including phenoxy) is 2. The van der Waals surface area contributed by atoms with Crippen LogP contribution in [0.4, 0.5) is 5.69 Å². The van der Waals surface area contributed by atoms with Crippen molar-refractivity contribution in [3.63, 3.8) is 0 Å². The molecule has 1 aromatic carbocycles. The molecule has 2 amide bonds. The molecule has 0 aliphatic rings. The number of methoxy groups -OCH3 is 2. The second kappa shape index (κ2) is 8.70. The maximum absolute atomic E-state index is 12.3. The van der Waals surface area contributed by atoms with E-state index in [4.69, 9.17) is 9.47 Å². The maximum atomic E-state index is 12.3. The van der Waals surface area contributed by atoms with Gasteiger partial charge in [-0.2, -0.15) is 0 Å². The summed E-state index contributed by atoms with van der Waals surface area (Å²) in [4.78, 5) is 34.7. The molecule has 1 aromatic rings. The molecule has 0 spiro atoms. The highest BCUT2D eigenvalue weighted by Gasteiger charge is 2.26. The molecule has 2 N–H and O–H groups in total. The Morgan fingerprint density at radius 2 is 1.83 bits per heavy atom. The average molecular weight is 339 g/mol. The summed E-state index contributed by atoms with van der Waals surface area (Å²) in [6, 6.07) is 1.48. The van der Waals surface area contributed by atoms with Crippen LogP contribution in [0.1, 0.15) is 30.6 Å². The standard InChI is InChI=1S/C15H21N3O6/c1-5-6-16-14(19)9(2)17-15(20)10-7-12(23-3)13(24-4)8-11(10)18(21)22/h7-9H,5-6H2,1-4H3,(H,16,19)(H,17,20)/t9-/m0/s1. The molecule has 132 valence electrons. The molecule has 0 bridgehead atoms. The Kier molecular flexibility index (Phi) is 6.97. The van der Waals surface area contributed by atoms with E-state index in [1.165, 1.54) is 27.2 Å². The molecule has 9 nitrogen and oxygen atoms in total. The largest absolute Gasteiger partial charge is 0.493 e. The quantitative estimate of drug-likeness (QED) is 0.543. The van der Waals surface area contributed by atoms with Gasteiger partial charge in [-0.05, 0) is 13.3 Å². The van der Waals surface area contributed by atoms with Crippen molar-refractivity contribution in [1.82, 2.24) is 10.6 Å². The number of hydrogen-bond acceptors (Lipinski definition) is 6. The highest BCUT2D eigenvalue weighted by Crippen LogP contribution is 2.34. The summed E-state index contributed by atoms with van der Waals surface area (Å²) in [5, 5.41) is 16.3. The molecule has 0 heterocycles. The summed E-state index contributed by atoms with van der Waals surface area (Å²) < 4.78 is 10.1. The zero-order valence-corrected chi connectivity index (χ0v) is 14.0. The van der Waals surface area contributed by atoms with Gasteiger partial charge in [-0.15, -0.1) is 0 Å². The lowest BCUT2D eigenvalue weighted by molar-refractivity contribution is -0.385. The van der Waals surface area contributed by atoms with E-state index in [0.29, 0.717) is 6.54 Å². The van der Waals surface area contributed by atoms with Crippen LogP contribution in [0, 0.1) is 10.1 Å². The molecular weight excluding hydrogens is 318 g/mol. The molecule has 0 saturated carbocycles. The van der Waals surface area contributed by atoms with Crippen LogP contribution in [-0.2, 0) is 4.79 Å². The van der Waals surface area contributed by atoms with Crippen molar-refractivity contribution in [3.8, 4) is 11.5 Å². The fourth-order valence-electron chi connectivity index (χ4n) is 1.94. The monoisotopic (exact) mass is 339 g/mol. The van der Waals surface area contributed by atoms with E-state index in [2.05, 4.69) is 10.6 Å². The number of benzene rings is 1. The number of amides is 2. The zero-order chi connectivity index (χ0) is 18.3. The van der Waals surface area contributed by atoms with E-state index in [1.807, 2.05) is 6.92 Å². The Labute approximate surface area is 139 Å². The minimum Gasteiger partial charge on any atom is -0.493 e. The first-order chi connectivity index (χ1) is 11.3. The average Bonchev–Trinajstić information content (AvgIpc) is 2.57. The van der Waals surface area contributed by atoms with E-state index in [9.17, 15) is 19.7 Å². The number of nitro groups is 1. The zero-order valence-electron chi connectivity index (χ0n) is 14.0.